The van der Waals surface area contributed by atoms with Crippen LogP contribution in [0.2, 0.25) is 0 Å². The van der Waals surface area contributed by atoms with Crippen LogP contribution in [0, 0.1) is 6.07 Å². The fourth-order valence-corrected chi connectivity index (χ4v) is 4.87. The van der Waals surface area contributed by atoms with Crippen LogP contribution in [0.4, 0.5) is 0 Å². The fourth-order valence-electron chi connectivity index (χ4n) is 4.87. The molecule has 0 saturated heterocycles. The maximum absolute atomic E-state index is 5.01. The second-order valence-corrected chi connectivity index (χ2v) is 9.49. The molecule has 7 rings (SSSR count). The molecule has 0 bridgehead atoms. The topological polar surface area (TPSA) is 51.6 Å². The summed E-state index contributed by atoms with van der Waals surface area (Å²) in [6.07, 6.45) is 1.90. The van der Waals surface area contributed by atoms with Crippen molar-refractivity contribution in [1.82, 2.24) is 19.9 Å². The van der Waals surface area contributed by atoms with Crippen molar-refractivity contribution in [2.24, 2.45) is 0 Å². The third-order valence-electron chi connectivity index (χ3n) is 6.89. The summed E-state index contributed by atoms with van der Waals surface area (Å²) in [7, 11) is 0. The van der Waals surface area contributed by atoms with Gasteiger partial charge in [0, 0.05) is 37.4 Å². The number of hydrogen-bond donors (Lipinski definition) is 0. The molecule has 1 radical (unpaired) electrons. The Morgan fingerprint density at radius 1 is 0.463 bits per heavy atom. The summed E-state index contributed by atoms with van der Waals surface area (Å²) in [5.74, 6) is 1.85. The van der Waals surface area contributed by atoms with Crippen LogP contribution in [0.25, 0.3) is 67.3 Å². The maximum atomic E-state index is 5.01. The van der Waals surface area contributed by atoms with Crippen molar-refractivity contribution >= 4 is 10.8 Å². The van der Waals surface area contributed by atoms with Gasteiger partial charge in [0.2, 0.25) is 0 Å². The molecule has 0 aliphatic heterocycles. The summed E-state index contributed by atoms with van der Waals surface area (Å²) in [4.78, 5) is 19.6. The van der Waals surface area contributed by atoms with E-state index in [1.807, 2.05) is 97.2 Å². The predicted octanol–water partition coefficient (Wildman–Crippen LogP) is 8.55. The number of rotatable bonds is 5. The van der Waals surface area contributed by atoms with Crippen molar-refractivity contribution in [3.05, 3.63) is 146 Å². The summed E-state index contributed by atoms with van der Waals surface area (Å²) in [6, 6.07) is 48.2. The quantitative estimate of drug-likeness (QED) is 0.169. The fraction of sp³-hybridized carbons (Fsp3) is 0. The molecule has 0 unspecified atom stereocenters. The van der Waals surface area contributed by atoms with Crippen LogP contribution in [0.3, 0.4) is 0 Å². The average molecular weight is 704 g/mol. The number of fused-ring (bicyclic) bond motifs is 1. The van der Waals surface area contributed by atoms with Gasteiger partial charge in [0.1, 0.15) is 5.82 Å². The maximum Gasteiger partial charge on any atom is 0.164 e. The zero-order chi connectivity index (χ0) is 26.7. The predicted molar refractivity (Wildman–Crippen MR) is 161 cm³/mol. The van der Waals surface area contributed by atoms with Gasteiger partial charge in [0.15, 0.2) is 11.6 Å². The van der Waals surface area contributed by atoms with Gasteiger partial charge in [-0.25, -0.2) is 15.0 Å². The van der Waals surface area contributed by atoms with E-state index in [1.165, 1.54) is 0 Å². The Hall–Kier alpha value is -4.83. The third kappa shape index (κ3) is 5.46. The molecule has 0 spiro atoms. The molecule has 0 fully saturated rings. The van der Waals surface area contributed by atoms with Crippen molar-refractivity contribution in [1.29, 1.82) is 0 Å². The van der Waals surface area contributed by atoms with Crippen LogP contribution in [0.15, 0.2) is 140 Å². The zero-order valence-corrected chi connectivity index (χ0v) is 24.3. The summed E-state index contributed by atoms with van der Waals surface area (Å²) < 4.78 is 0. The Morgan fingerprint density at radius 3 is 1.80 bits per heavy atom. The van der Waals surface area contributed by atoms with Crippen LogP contribution >= 0.6 is 0 Å². The van der Waals surface area contributed by atoms with Gasteiger partial charge in [-0.1, -0.05) is 121 Å². The van der Waals surface area contributed by atoms with Crippen molar-refractivity contribution in [3.8, 4) is 56.5 Å². The molecule has 0 aliphatic rings. The smallest absolute Gasteiger partial charge is 0.164 e. The van der Waals surface area contributed by atoms with Crippen LogP contribution in [0.5, 0.6) is 0 Å². The van der Waals surface area contributed by atoms with E-state index >= 15 is 0 Å². The summed E-state index contributed by atoms with van der Waals surface area (Å²) in [6.45, 7) is 0. The van der Waals surface area contributed by atoms with E-state index in [1.54, 1.807) is 0 Å². The van der Waals surface area contributed by atoms with E-state index in [2.05, 4.69) is 48.5 Å². The van der Waals surface area contributed by atoms with Gasteiger partial charge in [-0.2, -0.15) is 0 Å². The van der Waals surface area contributed by atoms with Crippen LogP contribution in [0.1, 0.15) is 0 Å². The Morgan fingerprint density at radius 2 is 1.05 bits per heavy atom. The second kappa shape index (κ2) is 11.7. The van der Waals surface area contributed by atoms with Gasteiger partial charge in [-0.15, -0.1) is 29.8 Å². The molecule has 7 aromatic rings. The van der Waals surface area contributed by atoms with E-state index in [0.29, 0.717) is 17.5 Å². The average Bonchev–Trinajstić information content (AvgIpc) is 3.05. The van der Waals surface area contributed by atoms with E-state index in [9.17, 15) is 0 Å². The van der Waals surface area contributed by atoms with Crippen molar-refractivity contribution in [2.45, 2.75) is 0 Å². The SMILES string of the molecule is [Ir].[c-]1ccc(-c2nc(-c3ccccc3)nc(-c3ccccc3-c3ccccc3)n2)cc1-c1cc2ccccc2cn1. The molecule has 0 amide bonds. The van der Waals surface area contributed by atoms with Crippen LogP contribution in [-0.4, -0.2) is 19.9 Å². The Balaban J connectivity index is 0.00000302. The molecule has 5 aromatic carbocycles. The van der Waals surface area contributed by atoms with Gasteiger partial charge in [0.05, 0.1) is 0 Å². The molecule has 0 N–H and O–H groups in total. The Labute approximate surface area is 252 Å². The molecule has 5 heteroatoms. The van der Waals surface area contributed by atoms with E-state index in [0.717, 1.165) is 49.8 Å². The number of hydrogen-bond acceptors (Lipinski definition) is 4. The van der Waals surface area contributed by atoms with Crippen molar-refractivity contribution < 1.29 is 20.1 Å². The van der Waals surface area contributed by atoms with E-state index in [-0.39, 0.29) is 20.1 Å². The normalized spacial score (nSPS) is 10.7. The van der Waals surface area contributed by atoms with Gasteiger partial charge < -0.3 is 4.98 Å². The number of benzene rings is 5. The summed E-state index contributed by atoms with van der Waals surface area (Å²) in [5, 5.41) is 2.24. The Bertz CT molecular complexity index is 1960. The third-order valence-corrected chi connectivity index (χ3v) is 6.89. The molecular formula is C36H23IrN4-. The minimum Gasteiger partial charge on any atom is -0.304 e. The number of pyridine rings is 1. The first-order chi connectivity index (χ1) is 19.8. The summed E-state index contributed by atoms with van der Waals surface area (Å²) in [5.41, 5.74) is 6.68. The first-order valence-electron chi connectivity index (χ1n) is 13.2. The van der Waals surface area contributed by atoms with Crippen LogP contribution < -0.4 is 0 Å². The molecule has 0 atom stereocenters. The van der Waals surface area contributed by atoms with Gasteiger partial charge >= 0.3 is 0 Å². The van der Waals surface area contributed by atoms with Gasteiger partial charge in [-0.3, -0.25) is 0 Å². The second-order valence-electron chi connectivity index (χ2n) is 9.49. The summed E-state index contributed by atoms with van der Waals surface area (Å²) >= 11 is 0. The first-order valence-corrected chi connectivity index (χ1v) is 13.2. The van der Waals surface area contributed by atoms with Crippen molar-refractivity contribution in [3.63, 3.8) is 0 Å². The largest absolute Gasteiger partial charge is 0.304 e. The number of nitrogens with zero attached hydrogens (tertiary/aromatic N) is 4. The molecular weight excluding hydrogens is 681 g/mol. The molecule has 41 heavy (non-hydrogen) atoms. The minimum atomic E-state index is 0. The van der Waals surface area contributed by atoms with E-state index in [4.69, 9.17) is 19.9 Å². The number of aromatic nitrogens is 4. The van der Waals surface area contributed by atoms with Gasteiger partial charge in [-0.05, 0) is 27.6 Å². The molecule has 2 heterocycles. The molecule has 4 nitrogen and oxygen atoms in total. The van der Waals surface area contributed by atoms with Crippen LogP contribution in [-0.2, 0) is 20.1 Å². The molecule has 0 aliphatic carbocycles. The Kier molecular flexibility index (Phi) is 7.55. The van der Waals surface area contributed by atoms with Crippen molar-refractivity contribution in [2.75, 3.05) is 0 Å². The minimum absolute atomic E-state index is 0. The first kappa shape index (κ1) is 26.4. The molecule has 0 saturated carbocycles. The standard InChI is InChI=1S/C36H23N4.Ir/c1-3-12-25(13-4-1)31-20-9-10-21-32(31)36-39-34(26-14-5-2-6-15-26)38-35(40-36)29-19-11-18-28(22-29)33-23-27-16-7-8-17-30(27)24-37-33;/h1-17,19-24H;/q-1;. The van der Waals surface area contributed by atoms with E-state index < -0.39 is 0 Å². The molecule has 2 aromatic heterocycles. The molecule has 197 valence electrons. The monoisotopic (exact) mass is 704 g/mol. The van der Waals surface area contributed by atoms with Gasteiger partial charge in [0.25, 0.3) is 0 Å². The zero-order valence-electron chi connectivity index (χ0n) is 21.9.